The van der Waals surface area contributed by atoms with Gasteiger partial charge in [-0.05, 0) is 55.6 Å². The number of carbonyl (C=O) groups excluding carboxylic acids is 1. The van der Waals surface area contributed by atoms with Crippen LogP contribution in [0.3, 0.4) is 0 Å². The van der Waals surface area contributed by atoms with Crippen LogP contribution in [0, 0.1) is 13.8 Å². The standard InChI is InChI=1S/C23H18ClN3O/c1-14-7-9-18(15(2)26-14)23(28)27-17-8-10-21(24)20(13-17)22-19-6-4-3-5-16(19)11-12-25-22/h3-13H,1-2H3,(H,27,28). The molecule has 0 unspecified atom stereocenters. The molecule has 0 saturated heterocycles. The van der Waals surface area contributed by atoms with E-state index in [1.807, 2.05) is 56.3 Å². The van der Waals surface area contributed by atoms with Crippen molar-refractivity contribution in [2.75, 3.05) is 5.32 Å². The van der Waals surface area contributed by atoms with Gasteiger partial charge in [0.1, 0.15) is 0 Å². The highest BCUT2D eigenvalue weighted by molar-refractivity contribution is 6.33. The molecule has 0 aliphatic carbocycles. The van der Waals surface area contributed by atoms with Crippen LogP contribution in [0.4, 0.5) is 5.69 Å². The Morgan fingerprint density at radius 2 is 1.82 bits per heavy atom. The van der Waals surface area contributed by atoms with Crippen molar-refractivity contribution in [3.8, 4) is 11.3 Å². The lowest BCUT2D eigenvalue weighted by atomic mass is 10.0. The van der Waals surface area contributed by atoms with Crippen LogP contribution in [-0.2, 0) is 0 Å². The molecule has 0 aliphatic rings. The molecule has 4 aromatic rings. The molecular weight excluding hydrogens is 370 g/mol. The van der Waals surface area contributed by atoms with Gasteiger partial charge in [-0.2, -0.15) is 0 Å². The summed E-state index contributed by atoms with van der Waals surface area (Å²) < 4.78 is 0. The summed E-state index contributed by atoms with van der Waals surface area (Å²) in [5, 5.41) is 5.61. The summed E-state index contributed by atoms with van der Waals surface area (Å²) in [6.07, 6.45) is 1.76. The molecule has 0 atom stereocenters. The minimum atomic E-state index is -0.204. The second kappa shape index (κ2) is 7.41. The Hall–Kier alpha value is -3.24. The normalized spacial score (nSPS) is 10.8. The number of hydrogen-bond donors (Lipinski definition) is 1. The first-order valence-corrected chi connectivity index (χ1v) is 9.30. The molecule has 0 aliphatic heterocycles. The van der Waals surface area contributed by atoms with E-state index in [1.54, 1.807) is 24.4 Å². The van der Waals surface area contributed by atoms with Gasteiger partial charge in [-0.25, -0.2) is 0 Å². The number of benzene rings is 2. The third kappa shape index (κ3) is 3.47. The molecule has 4 nitrogen and oxygen atoms in total. The summed E-state index contributed by atoms with van der Waals surface area (Å²) in [6.45, 7) is 3.73. The van der Waals surface area contributed by atoms with Gasteiger partial charge in [0.15, 0.2) is 0 Å². The minimum Gasteiger partial charge on any atom is -0.322 e. The van der Waals surface area contributed by atoms with Gasteiger partial charge >= 0.3 is 0 Å². The van der Waals surface area contributed by atoms with E-state index in [0.717, 1.165) is 27.7 Å². The van der Waals surface area contributed by atoms with Crippen LogP contribution >= 0.6 is 11.6 Å². The van der Waals surface area contributed by atoms with Crippen molar-refractivity contribution in [2.24, 2.45) is 0 Å². The number of aromatic nitrogens is 2. The highest BCUT2D eigenvalue weighted by atomic mass is 35.5. The summed E-state index contributed by atoms with van der Waals surface area (Å²) in [4.78, 5) is 21.6. The zero-order chi connectivity index (χ0) is 19.7. The SMILES string of the molecule is Cc1ccc(C(=O)Nc2ccc(Cl)c(-c3nccc4ccccc34)c2)c(C)n1. The van der Waals surface area contributed by atoms with E-state index in [0.29, 0.717) is 22.0 Å². The van der Waals surface area contributed by atoms with Gasteiger partial charge in [-0.15, -0.1) is 0 Å². The van der Waals surface area contributed by atoms with Crippen molar-refractivity contribution in [1.82, 2.24) is 9.97 Å². The molecule has 0 spiro atoms. The van der Waals surface area contributed by atoms with Crippen molar-refractivity contribution in [1.29, 1.82) is 0 Å². The van der Waals surface area contributed by atoms with E-state index in [-0.39, 0.29) is 5.91 Å². The van der Waals surface area contributed by atoms with Crippen molar-refractivity contribution in [3.05, 3.63) is 88.8 Å². The Bertz CT molecular complexity index is 1200. The van der Waals surface area contributed by atoms with Crippen LogP contribution in [0.5, 0.6) is 0 Å². The number of pyridine rings is 2. The maximum absolute atomic E-state index is 12.7. The predicted octanol–water partition coefficient (Wildman–Crippen LogP) is 5.82. The van der Waals surface area contributed by atoms with Crippen LogP contribution in [0.2, 0.25) is 5.02 Å². The Kier molecular flexibility index (Phi) is 4.80. The Morgan fingerprint density at radius 3 is 2.64 bits per heavy atom. The average Bonchev–Trinajstić information content (AvgIpc) is 2.69. The van der Waals surface area contributed by atoms with E-state index in [1.165, 1.54) is 0 Å². The average molecular weight is 388 g/mol. The molecule has 2 heterocycles. The van der Waals surface area contributed by atoms with Gasteiger partial charge in [-0.1, -0.05) is 35.9 Å². The molecule has 0 saturated carbocycles. The largest absolute Gasteiger partial charge is 0.322 e. The Labute approximate surface area is 168 Å². The second-order valence-corrected chi connectivity index (χ2v) is 7.02. The summed E-state index contributed by atoms with van der Waals surface area (Å²) in [5.41, 5.74) is 4.33. The fraction of sp³-hybridized carbons (Fsp3) is 0.0870. The van der Waals surface area contributed by atoms with Crippen molar-refractivity contribution in [3.63, 3.8) is 0 Å². The monoisotopic (exact) mass is 387 g/mol. The summed E-state index contributed by atoms with van der Waals surface area (Å²) >= 11 is 6.46. The number of halogens is 1. The van der Waals surface area contributed by atoms with Crippen molar-refractivity contribution >= 4 is 34.0 Å². The van der Waals surface area contributed by atoms with Gasteiger partial charge < -0.3 is 5.32 Å². The zero-order valence-electron chi connectivity index (χ0n) is 15.5. The van der Waals surface area contributed by atoms with Crippen LogP contribution in [0.25, 0.3) is 22.0 Å². The van der Waals surface area contributed by atoms with E-state index in [2.05, 4.69) is 15.3 Å². The van der Waals surface area contributed by atoms with Crippen LogP contribution in [0.15, 0.2) is 66.9 Å². The molecular formula is C23H18ClN3O. The van der Waals surface area contributed by atoms with E-state index in [4.69, 9.17) is 11.6 Å². The zero-order valence-corrected chi connectivity index (χ0v) is 16.3. The highest BCUT2D eigenvalue weighted by Crippen LogP contribution is 2.33. The molecule has 1 amide bonds. The third-order valence-corrected chi connectivity index (χ3v) is 4.95. The predicted molar refractivity (Wildman–Crippen MR) is 114 cm³/mol. The lowest BCUT2D eigenvalue weighted by Crippen LogP contribution is -2.14. The smallest absolute Gasteiger partial charge is 0.257 e. The topological polar surface area (TPSA) is 54.9 Å². The molecule has 4 rings (SSSR count). The fourth-order valence-corrected chi connectivity index (χ4v) is 3.45. The number of rotatable bonds is 3. The molecule has 2 aromatic carbocycles. The van der Waals surface area contributed by atoms with Gasteiger partial charge in [0, 0.05) is 28.5 Å². The highest BCUT2D eigenvalue weighted by Gasteiger charge is 2.14. The summed E-state index contributed by atoms with van der Waals surface area (Å²) in [5.74, 6) is -0.204. The maximum Gasteiger partial charge on any atom is 0.257 e. The first-order valence-electron chi connectivity index (χ1n) is 8.92. The van der Waals surface area contributed by atoms with E-state index in [9.17, 15) is 4.79 Å². The molecule has 1 N–H and O–H groups in total. The number of amides is 1. The van der Waals surface area contributed by atoms with Crippen LogP contribution in [-0.4, -0.2) is 15.9 Å². The van der Waals surface area contributed by atoms with Crippen LogP contribution in [0.1, 0.15) is 21.7 Å². The molecule has 0 bridgehead atoms. The lowest BCUT2D eigenvalue weighted by molar-refractivity contribution is 0.102. The fourth-order valence-electron chi connectivity index (χ4n) is 3.24. The van der Waals surface area contributed by atoms with Gasteiger partial charge in [0.05, 0.1) is 22.0 Å². The third-order valence-electron chi connectivity index (χ3n) is 4.62. The lowest BCUT2D eigenvalue weighted by Gasteiger charge is -2.12. The second-order valence-electron chi connectivity index (χ2n) is 6.62. The van der Waals surface area contributed by atoms with Gasteiger partial charge in [-0.3, -0.25) is 14.8 Å². The number of aryl methyl sites for hydroxylation is 2. The number of anilines is 1. The Balaban J connectivity index is 1.72. The molecule has 0 radical (unpaired) electrons. The van der Waals surface area contributed by atoms with E-state index < -0.39 is 0 Å². The quantitative estimate of drug-likeness (QED) is 0.482. The number of carbonyl (C=O) groups is 1. The number of nitrogens with zero attached hydrogens (tertiary/aromatic N) is 2. The van der Waals surface area contributed by atoms with E-state index >= 15 is 0 Å². The van der Waals surface area contributed by atoms with Crippen LogP contribution < -0.4 is 5.32 Å². The molecule has 5 heteroatoms. The number of fused-ring (bicyclic) bond motifs is 1. The molecule has 0 fully saturated rings. The molecule has 28 heavy (non-hydrogen) atoms. The van der Waals surface area contributed by atoms with Crippen molar-refractivity contribution < 1.29 is 4.79 Å². The minimum absolute atomic E-state index is 0.204. The molecule has 2 aromatic heterocycles. The number of nitrogens with one attached hydrogen (secondary N) is 1. The summed E-state index contributed by atoms with van der Waals surface area (Å²) in [6, 6.07) is 19.0. The van der Waals surface area contributed by atoms with Gasteiger partial charge in [0.25, 0.3) is 5.91 Å². The van der Waals surface area contributed by atoms with Gasteiger partial charge in [0.2, 0.25) is 0 Å². The van der Waals surface area contributed by atoms with Crippen molar-refractivity contribution in [2.45, 2.75) is 13.8 Å². The number of hydrogen-bond acceptors (Lipinski definition) is 3. The Morgan fingerprint density at radius 1 is 1.00 bits per heavy atom. The first-order chi connectivity index (χ1) is 13.5. The summed E-state index contributed by atoms with van der Waals surface area (Å²) in [7, 11) is 0. The maximum atomic E-state index is 12.7. The molecule has 138 valence electrons. The first kappa shape index (κ1) is 18.1.